The van der Waals surface area contributed by atoms with Crippen LogP contribution in [0.15, 0.2) is 48.5 Å². The van der Waals surface area contributed by atoms with E-state index >= 15 is 0 Å². The Bertz CT molecular complexity index is 545. The molecule has 1 unspecified atom stereocenters. The Balaban J connectivity index is 1.89. The summed E-state index contributed by atoms with van der Waals surface area (Å²) in [7, 11) is 0. The minimum Gasteiger partial charge on any atom is -0.494 e. The molecule has 0 saturated heterocycles. The van der Waals surface area contributed by atoms with Gasteiger partial charge in [0.05, 0.1) is 12.0 Å². The van der Waals surface area contributed by atoms with Crippen molar-refractivity contribution in [2.75, 3.05) is 6.61 Å². The van der Waals surface area contributed by atoms with Gasteiger partial charge < -0.3 is 4.74 Å². The summed E-state index contributed by atoms with van der Waals surface area (Å²) in [5.74, 6) is 0.924. The molecule has 2 aromatic carbocycles. The average molecular weight is 317 g/mol. The maximum Gasteiger partial charge on any atom is 0.119 e. The van der Waals surface area contributed by atoms with Gasteiger partial charge in [-0.15, -0.1) is 11.6 Å². The van der Waals surface area contributed by atoms with Gasteiger partial charge in [-0.25, -0.2) is 0 Å². The van der Waals surface area contributed by atoms with Crippen molar-refractivity contribution in [1.82, 2.24) is 0 Å². The molecule has 0 aliphatic rings. The average Bonchev–Trinajstić information content (AvgIpc) is 2.55. The van der Waals surface area contributed by atoms with Crippen molar-refractivity contribution in [3.8, 4) is 5.75 Å². The molecule has 0 radical (unpaired) electrons. The number of hydrogen-bond donors (Lipinski definition) is 0. The number of benzene rings is 2. The molecule has 118 valence electrons. The topological polar surface area (TPSA) is 9.23 Å². The van der Waals surface area contributed by atoms with Crippen molar-refractivity contribution in [3.05, 3.63) is 65.2 Å². The molecular weight excluding hydrogens is 292 g/mol. The number of rotatable bonds is 8. The number of aryl methyl sites for hydroxylation is 1. The van der Waals surface area contributed by atoms with E-state index in [-0.39, 0.29) is 5.38 Å². The zero-order valence-corrected chi connectivity index (χ0v) is 14.3. The van der Waals surface area contributed by atoms with Crippen molar-refractivity contribution in [2.24, 2.45) is 0 Å². The molecule has 1 nitrogen and oxygen atoms in total. The van der Waals surface area contributed by atoms with Gasteiger partial charge in [-0.2, -0.15) is 0 Å². The zero-order valence-electron chi connectivity index (χ0n) is 13.5. The van der Waals surface area contributed by atoms with Crippen LogP contribution >= 0.6 is 11.6 Å². The minimum absolute atomic E-state index is 0.112. The first-order valence-corrected chi connectivity index (χ1v) is 8.57. The Hall–Kier alpha value is -1.47. The van der Waals surface area contributed by atoms with E-state index in [9.17, 15) is 0 Å². The summed E-state index contributed by atoms with van der Waals surface area (Å²) in [6.07, 6.45) is 4.90. The molecule has 2 heteroatoms. The third-order valence-corrected chi connectivity index (χ3v) is 4.31. The van der Waals surface area contributed by atoms with Crippen molar-refractivity contribution >= 4 is 11.6 Å². The molecule has 0 bridgehead atoms. The number of halogens is 1. The van der Waals surface area contributed by atoms with Gasteiger partial charge >= 0.3 is 0 Å². The van der Waals surface area contributed by atoms with E-state index in [0.717, 1.165) is 29.9 Å². The summed E-state index contributed by atoms with van der Waals surface area (Å²) < 4.78 is 5.77. The molecule has 0 fully saturated rings. The molecule has 0 amide bonds. The first-order valence-electron chi connectivity index (χ1n) is 8.14. The van der Waals surface area contributed by atoms with Crippen LogP contribution in [0.1, 0.15) is 54.7 Å². The SMILES string of the molecule is CCCCCCOc1ccc(C(Cl)c2ccc(C)cc2)cc1. The lowest BCUT2D eigenvalue weighted by Crippen LogP contribution is -1.98. The molecule has 2 rings (SSSR count). The smallest absolute Gasteiger partial charge is 0.119 e. The van der Waals surface area contributed by atoms with Gasteiger partial charge in [0.2, 0.25) is 0 Å². The van der Waals surface area contributed by atoms with Crippen LogP contribution in [0.4, 0.5) is 0 Å². The number of ether oxygens (including phenoxy) is 1. The van der Waals surface area contributed by atoms with Gasteiger partial charge in [-0.3, -0.25) is 0 Å². The van der Waals surface area contributed by atoms with E-state index in [4.69, 9.17) is 16.3 Å². The standard InChI is InChI=1S/C20H25ClO/c1-3-4-5-6-15-22-19-13-11-18(12-14-19)20(21)17-9-7-16(2)8-10-17/h7-14,20H,3-6,15H2,1-2H3. The molecular formula is C20H25ClO. The first kappa shape index (κ1) is 16.9. The van der Waals surface area contributed by atoms with Gasteiger partial charge in [-0.1, -0.05) is 68.1 Å². The Morgan fingerprint density at radius 2 is 1.45 bits per heavy atom. The predicted octanol–water partition coefficient (Wildman–Crippen LogP) is 6.28. The number of alkyl halides is 1. The highest BCUT2D eigenvalue weighted by Gasteiger charge is 2.10. The molecule has 0 spiro atoms. The monoisotopic (exact) mass is 316 g/mol. The van der Waals surface area contributed by atoms with Crippen molar-refractivity contribution in [1.29, 1.82) is 0 Å². The van der Waals surface area contributed by atoms with Crippen molar-refractivity contribution in [3.63, 3.8) is 0 Å². The van der Waals surface area contributed by atoms with E-state index in [0.29, 0.717) is 0 Å². The molecule has 22 heavy (non-hydrogen) atoms. The quantitative estimate of drug-likeness (QED) is 0.411. The predicted molar refractivity (Wildman–Crippen MR) is 95.0 cm³/mol. The molecule has 0 N–H and O–H groups in total. The maximum absolute atomic E-state index is 6.56. The van der Waals surface area contributed by atoms with Crippen LogP contribution in [-0.4, -0.2) is 6.61 Å². The number of unbranched alkanes of at least 4 members (excludes halogenated alkanes) is 3. The van der Waals surface area contributed by atoms with E-state index < -0.39 is 0 Å². The van der Waals surface area contributed by atoms with Gasteiger partial charge in [0.15, 0.2) is 0 Å². The van der Waals surface area contributed by atoms with Crippen LogP contribution in [0.3, 0.4) is 0 Å². The summed E-state index contributed by atoms with van der Waals surface area (Å²) in [5.41, 5.74) is 3.48. The Kier molecular flexibility index (Phi) is 6.79. The Morgan fingerprint density at radius 3 is 2.05 bits per heavy atom. The maximum atomic E-state index is 6.56. The lowest BCUT2D eigenvalue weighted by molar-refractivity contribution is 0.305. The van der Waals surface area contributed by atoms with E-state index in [1.165, 1.54) is 24.8 Å². The summed E-state index contributed by atoms with van der Waals surface area (Å²) >= 11 is 6.56. The van der Waals surface area contributed by atoms with Crippen molar-refractivity contribution < 1.29 is 4.74 Å². The molecule has 0 aliphatic carbocycles. The van der Waals surface area contributed by atoms with Crippen LogP contribution in [0.2, 0.25) is 0 Å². The highest BCUT2D eigenvalue weighted by molar-refractivity contribution is 6.22. The number of hydrogen-bond acceptors (Lipinski definition) is 1. The van der Waals surface area contributed by atoms with Gasteiger partial charge in [0.25, 0.3) is 0 Å². The van der Waals surface area contributed by atoms with E-state index in [2.05, 4.69) is 50.2 Å². The van der Waals surface area contributed by atoms with E-state index in [1.807, 2.05) is 12.1 Å². The zero-order chi connectivity index (χ0) is 15.8. The summed E-state index contributed by atoms with van der Waals surface area (Å²) in [4.78, 5) is 0. The van der Waals surface area contributed by atoms with E-state index in [1.54, 1.807) is 0 Å². The first-order chi connectivity index (χ1) is 10.7. The Labute approximate surface area is 139 Å². The van der Waals surface area contributed by atoms with Gasteiger partial charge in [-0.05, 0) is 36.6 Å². The minimum atomic E-state index is -0.112. The second-order valence-electron chi connectivity index (χ2n) is 5.75. The highest BCUT2D eigenvalue weighted by atomic mass is 35.5. The molecule has 1 atom stereocenters. The highest BCUT2D eigenvalue weighted by Crippen LogP contribution is 2.30. The normalized spacial score (nSPS) is 12.1. The fourth-order valence-electron chi connectivity index (χ4n) is 2.38. The van der Waals surface area contributed by atoms with Crippen LogP contribution in [0, 0.1) is 6.92 Å². The third-order valence-electron chi connectivity index (χ3n) is 3.81. The summed E-state index contributed by atoms with van der Waals surface area (Å²) in [6.45, 7) is 5.09. The van der Waals surface area contributed by atoms with Gasteiger partial charge in [0, 0.05) is 0 Å². The van der Waals surface area contributed by atoms with Gasteiger partial charge in [0.1, 0.15) is 5.75 Å². The fraction of sp³-hybridized carbons (Fsp3) is 0.400. The van der Waals surface area contributed by atoms with Crippen LogP contribution < -0.4 is 4.74 Å². The lowest BCUT2D eigenvalue weighted by atomic mass is 10.0. The second kappa shape index (κ2) is 8.85. The summed E-state index contributed by atoms with van der Waals surface area (Å²) in [6, 6.07) is 16.5. The van der Waals surface area contributed by atoms with Crippen LogP contribution in [0.5, 0.6) is 5.75 Å². The second-order valence-corrected chi connectivity index (χ2v) is 6.19. The van der Waals surface area contributed by atoms with Crippen LogP contribution in [0.25, 0.3) is 0 Å². The molecule has 0 aromatic heterocycles. The largest absolute Gasteiger partial charge is 0.494 e. The van der Waals surface area contributed by atoms with Crippen molar-refractivity contribution in [2.45, 2.75) is 44.9 Å². The Morgan fingerprint density at radius 1 is 0.864 bits per heavy atom. The molecule has 0 heterocycles. The third kappa shape index (κ3) is 5.06. The van der Waals surface area contributed by atoms with Crippen LogP contribution in [-0.2, 0) is 0 Å². The molecule has 0 saturated carbocycles. The molecule has 0 aliphatic heterocycles. The fourth-order valence-corrected chi connectivity index (χ4v) is 2.67. The lowest BCUT2D eigenvalue weighted by Gasteiger charge is -2.12. The molecule has 2 aromatic rings. The summed E-state index contributed by atoms with van der Waals surface area (Å²) in [5, 5.41) is -0.112.